The van der Waals surface area contributed by atoms with Crippen LogP contribution in [-0.4, -0.2) is 28.9 Å². The largest absolute Gasteiger partial charge is 0.493 e. The Kier molecular flexibility index (Phi) is 5.79. The maximum atomic E-state index is 12.9. The van der Waals surface area contributed by atoms with E-state index in [0.29, 0.717) is 21.5 Å². The van der Waals surface area contributed by atoms with E-state index in [0.717, 1.165) is 24.3 Å². The van der Waals surface area contributed by atoms with Gasteiger partial charge in [-0.3, -0.25) is 0 Å². The molecule has 1 N–H and O–H groups in total. The van der Waals surface area contributed by atoms with Gasteiger partial charge < -0.3 is 9.47 Å². The highest BCUT2D eigenvalue weighted by atomic mass is 79.9. The van der Waals surface area contributed by atoms with Gasteiger partial charge in [0, 0.05) is 5.56 Å². The predicted octanol–water partition coefficient (Wildman–Crippen LogP) is 2.92. The number of hydrogen-bond donors (Lipinski definition) is 1. The summed E-state index contributed by atoms with van der Waals surface area (Å²) in [7, 11) is -0.879. The van der Waals surface area contributed by atoms with Gasteiger partial charge in [0.15, 0.2) is 11.5 Å². The molecule has 0 aliphatic rings. The van der Waals surface area contributed by atoms with Crippen molar-refractivity contribution >= 4 is 32.2 Å². The fraction of sp³-hybridized carbons (Fsp3) is 0.133. The average molecular weight is 417 g/mol. The zero-order chi connectivity index (χ0) is 17.7. The number of halogens is 2. The van der Waals surface area contributed by atoms with Crippen LogP contribution in [-0.2, 0) is 10.0 Å². The Bertz CT molecular complexity index is 855. The Morgan fingerprint density at radius 1 is 1.12 bits per heavy atom. The number of methoxy groups -OCH3 is 2. The van der Waals surface area contributed by atoms with Crippen LogP contribution in [0.25, 0.3) is 0 Å². The summed E-state index contributed by atoms with van der Waals surface area (Å²) in [5, 5.41) is 3.72. The molecule has 2 aromatic carbocycles. The van der Waals surface area contributed by atoms with Crippen molar-refractivity contribution in [2.75, 3.05) is 14.2 Å². The third kappa shape index (κ3) is 4.04. The van der Waals surface area contributed by atoms with Crippen molar-refractivity contribution in [2.24, 2.45) is 5.10 Å². The molecule has 24 heavy (non-hydrogen) atoms. The molecule has 0 fully saturated rings. The molecule has 0 atom stereocenters. The number of nitrogens with zero attached hydrogens (tertiary/aromatic N) is 1. The molecule has 0 aliphatic heterocycles. The molecule has 0 unspecified atom stereocenters. The minimum Gasteiger partial charge on any atom is -0.493 e. The van der Waals surface area contributed by atoms with E-state index in [1.54, 1.807) is 12.1 Å². The second kappa shape index (κ2) is 7.63. The lowest BCUT2D eigenvalue weighted by Crippen LogP contribution is -2.18. The first-order valence-electron chi connectivity index (χ1n) is 6.60. The number of sulfonamides is 1. The molecule has 0 heterocycles. The summed E-state index contributed by atoms with van der Waals surface area (Å²) in [6.45, 7) is 0. The van der Waals surface area contributed by atoms with E-state index in [1.165, 1.54) is 20.4 Å². The van der Waals surface area contributed by atoms with Gasteiger partial charge in [0.25, 0.3) is 10.0 Å². The lowest BCUT2D eigenvalue weighted by molar-refractivity contribution is 0.353. The summed E-state index contributed by atoms with van der Waals surface area (Å²) in [4.78, 5) is 1.97. The highest BCUT2D eigenvalue weighted by Crippen LogP contribution is 2.36. The van der Waals surface area contributed by atoms with Gasteiger partial charge in [0.2, 0.25) is 0 Å². The molecule has 0 saturated heterocycles. The Labute approximate surface area is 147 Å². The van der Waals surface area contributed by atoms with E-state index in [9.17, 15) is 12.8 Å². The van der Waals surface area contributed by atoms with Crippen LogP contribution in [0, 0.1) is 5.82 Å². The molecule has 2 rings (SSSR count). The van der Waals surface area contributed by atoms with Crippen LogP contribution in [0.3, 0.4) is 0 Å². The van der Waals surface area contributed by atoms with E-state index in [2.05, 4.69) is 25.9 Å². The summed E-state index contributed by atoms with van der Waals surface area (Å²) in [5.41, 5.74) is 0.578. The van der Waals surface area contributed by atoms with Crippen LogP contribution in [0.5, 0.6) is 11.5 Å². The highest BCUT2D eigenvalue weighted by molar-refractivity contribution is 9.10. The maximum Gasteiger partial charge on any atom is 0.276 e. The zero-order valence-electron chi connectivity index (χ0n) is 12.8. The molecule has 9 heteroatoms. The number of hydrazone groups is 1. The van der Waals surface area contributed by atoms with Crippen molar-refractivity contribution in [3.8, 4) is 11.5 Å². The Morgan fingerprint density at radius 3 is 2.38 bits per heavy atom. The van der Waals surface area contributed by atoms with Crippen molar-refractivity contribution in [1.29, 1.82) is 0 Å². The van der Waals surface area contributed by atoms with Gasteiger partial charge >= 0.3 is 0 Å². The standard InChI is InChI=1S/C15H14BrFN2O4S/c1-22-13-8-3-10(14(16)15(13)23-2)9-18-19-24(20,21)12-6-4-11(17)5-7-12/h3-9,19H,1-2H3/b18-9+. The Morgan fingerprint density at radius 2 is 1.79 bits per heavy atom. The molecule has 6 nitrogen and oxygen atoms in total. The lowest BCUT2D eigenvalue weighted by atomic mass is 10.2. The molecule has 0 bridgehead atoms. The van der Waals surface area contributed by atoms with Crippen molar-refractivity contribution in [1.82, 2.24) is 4.83 Å². The highest BCUT2D eigenvalue weighted by Gasteiger charge is 2.14. The molecule has 128 valence electrons. The van der Waals surface area contributed by atoms with Crippen LogP contribution < -0.4 is 14.3 Å². The first kappa shape index (κ1) is 18.2. The lowest BCUT2D eigenvalue weighted by Gasteiger charge is -2.10. The zero-order valence-corrected chi connectivity index (χ0v) is 15.2. The Balaban J connectivity index is 2.21. The molecule has 2 aromatic rings. The van der Waals surface area contributed by atoms with Crippen LogP contribution >= 0.6 is 15.9 Å². The van der Waals surface area contributed by atoms with Crippen LogP contribution in [0.4, 0.5) is 4.39 Å². The molecule has 0 radical (unpaired) electrons. The number of benzene rings is 2. The van der Waals surface area contributed by atoms with Crippen molar-refractivity contribution in [3.63, 3.8) is 0 Å². The van der Waals surface area contributed by atoms with Crippen molar-refractivity contribution < 1.29 is 22.3 Å². The quantitative estimate of drug-likeness (QED) is 0.579. The van der Waals surface area contributed by atoms with E-state index < -0.39 is 15.8 Å². The fourth-order valence-corrected chi connectivity index (χ4v) is 3.22. The third-order valence-corrected chi connectivity index (χ3v) is 5.07. The number of ether oxygens (including phenoxy) is 2. The molecule has 0 aromatic heterocycles. The molecular weight excluding hydrogens is 403 g/mol. The first-order chi connectivity index (χ1) is 11.4. The average Bonchev–Trinajstić information content (AvgIpc) is 2.56. The van der Waals surface area contributed by atoms with Crippen LogP contribution in [0.2, 0.25) is 0 Å². The van der Waals surface area contributed by atoms with Crippen LogP contribution in [0.1, 0.15) is 5.56 Å². The minimum absolute atomic E-state index is 0.0903. The van der Waals surface area contributed by atoms with Crippen LogP contribution in [0.15, 0.2) is 50.9 Å². The van der Waals surface area contributed by atoms with Gasteiger partial charge in [-0.05, 0) is 52.3 Å². The summed E-state index contributed by atoms with van der Waals surface area (Å²) in [5.74, 6) is 0.461. The van der Waals surface area contributed by atoms with E-state index in [-0.39, 0.29) is 4.90 Å². The van der Waals surface area contributed by atoms with E-state index in [4.69, 9.17) is 9.47 Å². The summed E-state index contributed by atoms with van der Waals surface area (Å²) < 4.78 is 47.9. The first-order valence-corrected chi connectivity index (χ1v) is 8.87. The SMILES string of the molecule is COc1ccc(/C=N/NS(=O)(=O)c2ccc(F)cc2)c(Br)c1OC. The smallest absolute Gasteiger partial charge is 0.276 e. The van der Waals surface area contributed by atoms with Gasteiger partial charge in [-0.2, -0.15) is 13.5 Å². The molecular formula is C15H14BrFN2O4S. The normalized spacial score (nSPS) is 11.5. The molecule has 0 amide bonds. The second-order valence-corrected chi connectivity index (χ2v) is 6.96. The van der Waals surface area contributed by atoms with Gasteiger partial charge in [0.1, 0.15) is 5.82 Å². The van der Waals surface area contributed by atoms with E-state index in [1.807, 2.05) is 0 Å². The number of hydrogen-bond acceptors (Lipinski definition) is 5. The van der Waals surface area contributed by atoms with Gasteiger partial charge in [-0.1, -0.05) is 0 Å². The maximum absolute atomic E-state index is 12.9. The summed E-state index contributed by atoms with van der Waals surface area (Å²) in [6, 6.07) is 7.77. The monoisotopic (exact) mass is 416 g/mol. The third-order valence-electron chi connectivity index (χ3n) is 3.02. The Hall–Kier alpha value is -2.13. The second-order valence-electron chi connectivity index (χ2n) is 4.51. The summed E-state index contributed by atoms with van der Waals surface area (Å²) in [6.07, 6.45) is 1.31. The summed E-state index contributed by atoms with van der Waals surface area (Å²) >= 11 is 3.35. The van der Waals surface area contributed by atoms with Gasteiger partial charge in [-0.25, -0.2) is 9.22 Å². The van der Waals surface area contributed by atoms with Gasteiger partial charge in [-0.15, -0.1) is 0 Å². The van der Waals surface area contributed by atoms with Gasteiger partial charge in [0.05, 0.1) is 29.8 Å². The number of nitrogens with one attached hydrogen (secondary N) is 1. The molecule has 0 saturated carbocycles. The van der Waals surface area contributed by atoms with Crippen molar-refractivity contribution in [3.05, 3.63) is 52.3 Å². The predicted molar refractivity (Wildman–Crippen MR) is 91.6 cm³/mol. The topological polar surface area (TPSA) is 77.0 Å². The minimum atomic E-state index is -3.87. The van der Waals surface area contributed by atoms with E-state index >= 15 is 0 Å². The molecule has 0 aliphatic carbocycles. The fourth-order valence-electron chi connectivity index (χ4n) is 1.84. The van der Waals surface area contributed by atoms with Crippen molar-refractivity contribution in [2.45, 2.75) is 4.90 Å². The number of rotatable bonds is 6. The molecule has 0 spiro atoms.